The second-order valence-electron chi connectivity index (χ2n) is 5.84. The summed E-state index contributed by atoms with van der Waals surface area (Å²) in [5, 5.41) is 9.16. The summed E-state index contributed by atoms with van der Waals surface area (Å²) < 4.78 is 38.0. The van der Waals surface area contributed by atoms with Crippen molar-refractivity contribution in [2.75, 3.05) is 13.1 Å². The first-order valence-electron chi connectivity index (χ1n) is 6.83. The van der Waals surface area contributed by atoms with E-state index in [2.05, 4.69) is 0 Å². The van der Waals surface area contributed by atoms with Crippen LogP contribution >= 0.6 is 0 Å². The lowest BCUT2D eigenvalue weighted by molar-refractivity contribution is -0.150. The second kappa shape index (κ2) is 5.67. The standard InChI is InChI=1S/C15H18F3NO2/c1-14(13(20)21)5-7-19(8-6-14)10-11-3-2-4-12(9-11)15(16,17)18/h2-4,9H,5-8,10H2,1H3,(H,20,21). The maximum atomic E-state index is 12.7. The van der Waals surface area contributed by atoms with Crippen LogP contribution in [-0.4, -0.2) is 29.1 Å². The molecule has 1 fully saturated rings. The Morgan fingerprint density at radius 3 is 2.48 bits per heavy atom. The predicted octanol–water partition coefficient (Wildman–Crippen LogP) is 3.39. The summed E-state index contributed by atoms with van der Waals surface area (Å²) in [6.45, 7) is 3.30. The van der Waals surface area contributed by atoms with E-state index in [0.29, 0.717) is 38.0 Å². The van der Waals surface area contributed by atoms with E-state index in [4.69, 9.17) is 5.11 Å². The number of benzene rings is 1. The van der Waals surface area contributed by atoms with Gasteiger partial charge in [-0.3, -0.25) is 9.69 Å². The van der Waals surface area contributed by atoms with Crippen LogP contribution in [0.4, 0.5) is 13.2 Å². The molecular formula is C15H18F3NO2. The quantitative estimate of drug-likeness (QED) is 0.930. The van der Waals surface area contributed by atoms with Gasteiger partial charge >= 0.3 is 12.1 Å². The molecule has 0 atom stereocenters. The van der Waals surface area contributed by atoms with E-state index >= 15 is 0 Å². The van der Waals surface area contributed by atoms with Crippen molar-refractivity contribution in [2.24, 2.45) is 5.41 Å². The molecule has 2 rings (SSSR count). The normalized spacial score (nSPS) is 19.4. The van der Waals surface area contributed by atoms with Gasteiger partial charge in [-0.1, -0.05) is 18.2 Å². The average Bonchev–Trinajstić information content (AvgIpc) is 2.41. The first kappa shape index (κ1) is 15.8. The van der Waals surface area contributed by atoms with Crippen molar-refractivity contribution in [1.29, 1.82) is 0 Å². The Balaban J connectivity index is 2.00. The van der Waals surface area contributed by atoms with Gasteiger partial charge in [0.1, 0.15) is 0 Å². The van der Waals surface area contributed by atoms with E-state index in [0.717, 1.165) is 12.1 Å². The van der Waals surface area contributed by atoms with Crippen LogP contribution in [0.5, 0.6) is 0 Å². The minimum Gasteiger partial charge on any atom is -0.481 e. The van der Waals surface area contributed by atoms with Crippen LogP contribution in [0.15, 0.2) is 24.3 Å². The largest absolute Gasteiger partial charge is 0.481 e. The number of aliphatic carboxylic acids is 1. The van der Waals surface area contributed by atoms with Gasteiger partial charge < -0.3 is 5.11 Å². The van der Waals surface area contributed by atoms with Crippen molar-refractivity contribution in [3.63, 3.8) is 0 Å². The van der Waals surface area contributed by atoms with Gasteiger partial charge in [-0.05, 0) is 44.5 Å². The second-order valence-corrected chi connectivity index (χ2v) is 5.84. The summed E-state index contributed by atoms with van der Waals surface area (Å²) in [4.78, 5) is 13.2. The van der Waals surface area contributed by atoms with Crippen LogP contribution < -0.4 is 0 Å². The lowest BCUT2D eigenvalue weighted by Crippen LogP contribution is -2.42. The number of piperidine rings is 1. The fourth-order valence-corrected chi connectivity index (χ4v) is 2.52. The molecule has 0 saturated carbocycles. The molecule has 0 spiro atoms. The lowest BCUT2D eigenvalue weighted by atomic mass is 9.80. The molecule has 1 N–H and O–H groups in total. The summed E-state index contributed by atoms with van der Waals surface area (Å²) in [5.41, 5.74) is -0.763. The molecule has 0 amide bonds. The molecule has 1 aromatic rings. The van der Waals surface area contributed by atoms with Crippen molar-refractivity contribution in [3.05, 3.63) is 35.4 Å². The monoisotopic (exact) mass is 301 g/mol. The number of rotatable bonds is 3. The molecule has 3 nitrogen and oxygen atoms in total. The number of alkyl halides is 3. The first-order chi connectivity index (χ1) is 9.71. The van der Waals surface area contributed by atoms with Gasteiger partial charge in [0.25, 0.3) is 0 Å². The van der Waals surface area contributed by atoms with Gasteiger partial charge in [-0.2, -0.15) is 13.2 Å². The minimum atomic E-state index is -4.33. The maximum Gasteiger partial charge on any atom is 0.416 e. The molecule has 1 saturated heterocycles. The van der Waals surface area contributed by atoms with Crippen LogP contribution in [0, 0.1) is 5.41 Å². The van der Waals surface area contributed by atoms with E-state index in [1.165, 1.54) is 6.07 Å². The molecule has 1 aromatic carbocycles. The van der Waals surface area contributed by atoms with Gasteiger partial charge in [0.05, 0.1) is 11.0 Å². The van der Waals surface area contributed by atoms with Gasteiger partial charge in [-0.25, -0.2) is 0 Å². The van der Waals surface area contributed by atoms with Gasteiger partial charge in [0.2, 0.25) is 0 Å². The van der Waals surface area contributed by atoms with Crippen LogP contribution in [0.2, 0.25) is 0 Å². The van der Waals surface area contributed by atoms with Crippen molar-refractivity contribution in [3.8, 4) is 0 Å². The highest BCUT2D eigenvalue weighted by atomic mass is 19.4. The summed E-state index contributed by atoms with van der Waals surface area (Å²) in [5.74, 6) is -0.804. The van der Waals surface area contributed by atoms with Crippen molar-refractivity contribution < 1.29 is 23.1 Å². The molecule has 116 valence electrons. The molecule has 0 unspecified atom stereocenters. The average molecular weight is 301 g/mol. The van der Waals surface area contributed by atoms with Crippen LogP contribution in [0.3, 0.4) is 0 Å². The minimum absolute atomic E-state index is 0.416. The van der Waals surface area contributed by atoms with E-state index in [1.807, 2.05) is 4.90 Å². The fourth-order valence-electron chi connectivity index (χ4n) is 2.52. The number of hydrogen-bond donors (Lipinski definition) is 1. The van der Waals surface area contributed by atoms with E-state index in [-0.39, 0.29) is 0 Å². The highest BCUT2D eigenvalue weighted by Gasteiger charge is 2.37. The third kappa shape index (κ3) is 3.75. The Kier molecular flexibility index (Phi) is 4.27. The predicted molar refractivity (Wildman–Crippen MR) is 71.7 cm³/mol. The number of hydrogen-bond acceptors (Lipinski definition) is 2. The van der Waals surface area contributed by atoms with Crippen molar-refractivity contribution in [2.45, 2.75) is 32.5 Å². The molecule has 1 heterocycles. The van der Waals surface area contributed by atoms with Crippen LogP contribution in [-0.2, 0) is 17.5 Å². The summed E-state index contributed by atoms with van der Waals surface area (Å²) in [7, 11) is 0. The third-order valence-electron chi connectivity index (χ3n) is 4.14. The lowest BCUT2D eigenvalue weighted by Gasteiger charge is -2.36. The molecule has 0 aliphatic carbocycles. The molecule has 21 heavy (non-hydrogen) atoms. The zero-order valence-electron chi connectivity index (χ0n) is 11.8. The molecule has 6 heteroatoms. The molecule has 0 aromatic heterocycles. The molecule has 0 radical (unpaired) electrons. The number of carboxylic acids is 1. The number of carboxylic acid groups (broad SMARTS) is 1. The fraction of sp³-hybridized carbons (Fsp3) is 0.533. The highest BCUT2D eigenvalue weighted by molar-refractivity contribution is 5.74. The Morgan fingerprint density at radius 1 is 1.33 bits per heavy atom. The molecule has 1 aliphatic rings. The van der Waals surface area contributed by atoms with E-state index in [1.54, 1.807) is 13.0 Å². The van der Waals surface area contributed by atoms with Gasteiger partial charge in [0.15, 0.2) is 0 Å². The Bertz CT molecular complexity index is 520. The molecule has 0 bridgehead atoms. The summed E-state index contributed by atoms with van der Waals surface area (Å²) >= 11 is 0. The number of carbonyl (C=O) groups is 1. The van der Waals surface area contributed by atoms with Crippen molar-refractivity contribution in [1.82, 2.24) is 4.90 Å². The topological polar surface area (TPSA) is 40.5 Å². The maximum absolute atomic E-state index is 12.7. The SMILES string of the molecule is CC1(C(=O)O)CCN(Cc2cccc(C(F)(F)F)c2)CC1. The smallest absolute Gasteiger partial charge is 0.416 e. The van der Waals surface area contributed by atoms with Gasteiger partial charge in [0, 0.05) is 6.54 Å². The third-order valence-corrected chi connectivity index (χ3v) is 4.14. The van der Waals surface area contributed by atoms with Crippen molar-refractivity contribution >= 4 is 5.97 Å². The molecule has 1 aliphatic heterocycles. The number of likely N-dealkylation sites (tertiary alicyclic amines) is 1. The Labute approximate surface area is 121 Å². The van der Waals surface area contributed by atoms with E-state index < -0.39 is 23.1 Å². The molecular weight excluding hydrogens is 283 g/mol. The van der Waals surface area contributed by atoms with Gasteiger partial charge in [-0.15, -0.1) is 0 Å². The highest BCUT2D eigenvalue weighted by Crippen LogP contribution is 2.33. The zero-order valence-corrected chi connectivity index (χ0v) is 11.8. The number of halogens is 3. The first-order valence-corrected chi connectivity index (χ1v) is 6.83. The summed E-state index contributed by atoms with van der Waals surface area (Å²) in [6.07, 6.45) is -3.30. The van der Waals surface area contributed by atoms with Crippen LogP contribution in [0.25, 0.3) is 0 Å². The van der Waals surface area contributed by atoms with Crippen LogP contribution in [0.1, 0.15) is 30.9 Å². The Morgan fingerprint density at radius 2 is 1.95 bits per heavy atom. The summed E-state index contributed by atoms with van der Waals surface area (Å²) in [6, 6.07) is 5.29. The number of nitrogens with zero attached hydrogens (tertiary/aromatic N) is 1. The van der Waals surface area contributed by atoms with E-state index in [9.17, 15) is 18.0 Å². The Hall–Kier alpha value is -1.56. The zero-order chi connectivity index (χ0) is 15.7.